The van der Waals surface area contributed by atoms with Gasteiger partial charge >= 0.3 is 0 Å². The Kier molecular flexibility index (Phi) is 6.97. The van der Waals surface area contributed by atoms with Crippen molar-refractivity contribution in [3.8, 4) is 5.75 Å². The number of ether oxygens (including phenoxy) is 2. The molecule has 20 heavy (non-hydrogen) atoms. The summed E-state index contributed by atoms with van der Waals surface area (Å²) in [6.07, 6.45) is 0.794. The quantitative estimate of drug-likeness (QED) is 0.577. The summed E-state index contributed by atoms with van der Waals surface area (Å²) in [7, 11) is 3.37. The van der Waals surface area contributed by atoms with Gasteiger partial charge in [0.25, 0.3) is 5.91 Å². The SMILES string of the molecule is COCCCN(C)C(=O)COc1ccccc1C(N)=S. The number of rotatable bonds is 8. The van der Waals surface area contributed by atoms with Crippen LogP contribution >= 0.6 is 12.2 Å². The summed E-state index contributed by atoms with van der Waals surface area (Å²) in [5.74, 6) is 0.428. The van der Waals surface area contributed by atoms with Crippen LogP contribution in [0.5, 0.6) is 5.75 Å². The summed E-state index contributed by atoms with van der Waals surface area (Å²) < 4.78 is 10.4. The molecule has 0 bridgehead atoms. The second kappa shape index (κ2) is 8.50. The minimum Gasteiger partial charge on any atom is -0.483 e. The van der Waals surface area contributed by atoms with Crippen LogP contribution in [0.1, 0.15) is 12.0 Å². The van der Waals surface area contributed by atoms with Crippen LogP contribution in [0.15, 0.2) is 24.3 Å². The van der Waals surface area contributed by atoms with Crippen molar-refractivity contribution in [2.24, 2.45) is 5.73 Å². The summed E-state index contributed by atoms with van der Waals surface area (Å²) in [5, 5.41) is 0. The van der Waals surface area contributed by atoms with Crippen LogP contribution in [-0.4, -0.2) is 49.7 Å². The van der Waals surface area contributed by atoms with E-state index in [-0.39, 0.29) is 17.5 Å². The molecule has 0 aromatic heterocycles. The van der Waals surface area contributed by atoms with E-state index >= 15 is 0 Å². The number of thiocarbonyl (C=S) groups is 1. The molecule has 1 amide bonds. The number of para-hydroxylation sites is 1. The van der Waals surface area contributed by atoms with Gasteiger partial charge in [-0.3, -0.25) is 4.79 Å². The molecule has 0 aliphatic rings. The summed E-state index contributed by atoms with van der Waals surface area (Å²) in [6.45, 7) is 1.22. The third-order valence-electron chi connectivity index (χ3n) is 2.77. The molecule has 0 atom stereocenters. The lowest BCUT2D eigenvalue weighted by Gasteiger charge is -2.17. The van der Waals surface area contributed by atoms with E-state index in [9.17, 15) is 4.79 Å². The maximum atomic E-state index is 11.9. The zero-order chi connectivity index (χ0) is 15.0. The zero-order valence-corrected chi connectivity index (χ0v) is 12.6. The second-order valence-corrected chi connectivity index (χ2v) is 4.75. The highest BCUT2D eigenvalue weighted by Crippen LogP contribution is 2.17. The lowest BCUT2D eigenvalue weighted by molar-refractivity contribution is -0.132. The normalized spacial score (nSPS) is 10.1. The molecular weight excluding hydrogens is 276 g/mol. The molecule has 6 heteroatoms. The topological polar surface area (TPSA) is 64.8 Å². The van der Waals surface area contributed by atoms with Crippen molar-refractivity contribution < 1.29 is 14.3 Å². The van der Waals surface area contributed by atoms with E-state index in [0.717, 1.165) is 6.42 Å². The highest BCUT2D eigenvalue weighted by molar-refractivity contribution is 7.80. The van der Waals surface area contributed by atoms with Gasteiger partial charge in [-0.05, 0) is 18.6 Å². The number of hydrogen-bond acceptors (Lipinski definition) is 4. The van der Waals surface area contributed by atoms with Crippen LogP contribution in [0.4, 0.5) is 0 Å². The molecule has 1 rings (SSSR count). The molecule has 0 fully saturated rings. The maximum Gasteiger partial charge on any atom is 0.260 e. The standard InChI is InChI=1S/C14H20N2O3S/c1-16(8-5-9-18-2)13(17)10-19-12-7-4-3-6-11(12)14(15)20/h3-4,6-7H,5,8-10H2,1-2H3,(H2,15,20). The molecule has 1 aromatic rings. The minimum absolute atomic E-state index is 0.0386. The van der Waals surface area contributed by atoms with Gasteiger partial charge in [0.2, 0.25) is 0 Å². The molecule has 5 nitrogen and oxygen atoms in total. The molecule has 0 radical (unpaired) electrons. The lowest BCUT2D eigenvalue weighted by Crippen LogP contribution is -2.32. The average molecular weight is 296 g/mol. The van der Waals surface area contributed by atoms with E-state index in [0.29, 0.717) is 24.5 Å². The number of nitrogens with zero attached hydrogens (tertiary/aromatic N) is 1. The monoisotopic (exact) mass is 296 g/mol. The first-order valence-electron chi connectivity index (χ1n) is 6.30. The Labute approximate surface area is 124 Å². The number of carbonyl (C=O) groups is 1. The Morgan fingerprint density at radius 2 is 2.10 bits per heavy atom. The Morgan fingerprint density at radius 3 is 2.75 bits per heavy atom. The van der Waals surface area contributed by atoms with E-state index in [2.05, 4.69) is 0 Å². The average Bonchev–Trinajstić information content (AvgIpc) is 2.45. The third kappa shape index (κ3) is 5.14. The molecule has 0 saturated carbocycles. The fraction of sp³-hybridized carbons (Fsp3) is 0.429. The highest BCUT2D eigenvalue weighted by atomic mass is 32.1. The number of likely N-dealkylation sites (N-methyl/N-ethyl adjacent to an activating group) is 1. The molecule has 110 valence electrons. The smallest absolute Gasteiger partial charge is 0.260 e. The fourth-order valence-corrected chi connectivity index (χ4v) is 1.79. The van der Waals surface area contributed by atoms with Crippen LogP contribution in [0.2, 0.25) is 0 Å². The van der Waals surface area contributed by atoms with E-state index in [1.54, 1.807) is 31.2 Å². The van der Waals surface area contributed by atoms with Crippen LogP contribution in [0.25, 0.3) is 0 Å². The summed E-state index contributed by atoms with van der Waals surface area (Å²) in [6, 6.07) is 7.14. The van der Waals surface area contributed by atoms with E-state index in [1.165, 1.54) is 0 Å². The van der Waals surface area contributed by atoms with Gasteiger partial charge < -0.3 is 20.1 Å². The number of nitrogens with two attached hydrogens (primary N) is 1. The van der Waals surface area contributed by atoms with Crippen LogP contribution in [0.3, 0.4) is 0 Å². The van der Waals surface area contributed by atoms with E-state index in [1.807, 2.05) is 12.1 Å². The largest absolute Gasteiger partial charge is 0.483 e. The van der Waals surface area contributed by atoms with Gasteiger partial charge in [-0.15, -0.1) is 0 Å². The molecule has 2 N–H and O–H groups in total. The van der Waals surface area contributed by atoms with Crippen LogP contribution < -0.4 is 10.5 Å². The maximum absolute atomic E-state index is 11.9. The molecule has 0 saturated heterocycles. The number of hydrogen-bond donors (Lipinski definition) is 1. The summed E-state index contributed by atoms with van der Waals surface area (Å²) in [5.41, 5.74) is 6.24. The van der Waals surface area contributed by atoms with Gasteiger partial charge in [-0.1, -0.05) is 24.4 Å². The molecule has 0 aliphatic carbocycles. The van der Waals surface area contributed by atoms with Crippen LogP contribution in [0, 0.1) is 0 Å². The molecule has 1 aromatic carbocycles. The highest BCUT2D eigenvalue weighted by Gasteiger charge is 2.11. The van der Waals surface area contributed by atoms with Crippen LogP contribution in [-0.2, 0) is 9.53 Å². The zero-order valence-electron chi connectivity index (χ0n) is 11.8. The Bertz CT molecular complexity index is 465. The van der Waals surface area contributed by atoms with E-state index in [4.69, 9.17) is 27.4 Å². The van der Waals surface area contributed by atoms with Gasteiger partial charge in [0.1, 0.15) is 10.7 Å². The molecule has 0 aliphatic heterocycles. The lowest BCUT2D eigenvalue weighted by atomic mass is 10.2. The van der Waals surface area contributed by atoms with Crippen molar-refractivity contribution in [3.63, 3.8) is 0 Å². The van der Waals surface area contributed by atoms with Gasteiger partial charge in [-0.2, -0.15) is 0 Å². The first kappa shape index (κ1) is 16.4. The van der Waals surface area contributed by atoms with Gasteiger partial charge in [0.05, 0.1) is 5.56 Å². The first-order valence-corrected chi connectivity index (χ1v) is 6.71. The molecular formula is C14H20N2O3S. The van der Waals surface area contributed by atoms with Crippen molar-refractivity contribution in [1.82, 2.24) is 4.90 Å². The number of benzene rings is 1. The van der Waals surface area contributed by atoms with Crippen molar-refractivity contribution in [2.75, 3.05) is 33.9 Å². The molecule has 0 spiro atoms. The fourth-order valence-electron chi connectivity index (χ4n) is 1.62. The van der Waals surface area contributed by atoms with Gasteiger partial charge in [0, 0.05) is 27.3 Å². The van der Waals surface area contributed by atoms with Gasteiger partial charge in [0.15, 0.2) is 6.61 Å². The van der Waals surface area contributed by atoms with Gasteiger partial charge in [-0.25, -0.2) is 0 Å². The van der Waals surface area contributed by atoms with Crippen molar-refractivity contribution in [3.05, 3.63) is 29.8 Å². The Morgan fingerprint density at radius 1 is 1.40 bits per heavy atom. The number of methoxy groups -OCH3 is 1. The third-order valence-corrected chi connectivity index (χ3v) is 2.99. The van der Waals surface area contributed by atoms with E-state index < -0.39 is 0 Å². The number of amides is 1. The predicted molar refractivity (Wildman–Crippen MR) is 82.0 cm³/mol. The van der Waals surface area contributed by atoms with Crippen molar-refractivity contribution >= 4 is 23.1 Å². The summed E-state index contributed by atoms with van der Waals surface area (Å²) in [4.78, 5) is 13.8. The number of carbonyl (C=O) groups excluding carboxylic acids is 1. The Hall–Kier alpha value is -1.66. The second-order valence-electron chi connectivity index (χ2n) is 4.31. The summed E-state index contributed by atoms with van der Waals surface area (Å²) >= 11 is 4.94. The molecule has 0 unspecified atom stereocenters. The Balaban J connectivity index is 2.50. The van der Waals surface area contributed by atoms with Crippen molar-refractivity contribution in [1.29, 1.82) is 0 Å². The predicted octanol–water partition coefficient (Wildman–Crippen LogP) is 1.19. The van der Waals surface area contributed by atoms with Crippen molar-refractivity contribution in [2.45, 2.75) is 6.42 Å². The minimum atomic E-state index is -0.0983. The first-order chi connectivity index (χ1) is 9.56. The molecule has 0 heterocycles.